The molecule has 8 heteroatoms. The molecule has 134 valence electrons. The molecule has 1 aliphatic rings. The molecule has 2 aromatic rings. The zero-order valence-electron chi connectivity index (χ0n) is 13.1. The Bertz CT molecular complexity index is 916. The molecule has 1 heterocycles. The molecular weight excluding hydrogens is 371 g/mol. The average Bonchev–Trinajstić information content (AvgIpc) is 3.07. The molecule has 1 N–H and O–H groups in total. The monoisotopic (exact) mass is 381 g/mol. The number of benzene rings is 2. The maximum absolute atomic E-state index is 12.6. The number of hydrogen-bond donors (Lipinski definition) is 1. The third kappa shape index (κ3) is 4.03. The lowest BCUT2D eigenvalue weighted by Gasteiger charge is -2.06. The first-order valence-corrected chi connectivity index (χ1v) is 7.76. The number of hydrogen-bond acceptors (Lipinski definition) is 3. The summed E-state index contributed by atoms with van der Waals surface area (Å²) < 4.78 is 48.3. The lowest BCUT2D eigenvalue weighted by Crippen LogP contribution is -2.23. The molecule has 2 aromatic carbocycles. The van der Waals surface area contributed by atoms with Gasteiger partial charge in [-0.3, -0.25) is 4.79 Å². The van der Waals surface area contributed by atoms with Crippen molar-refractivity contribution in [2.24, 2.45) is 0 Å². The fourth-order valence-electron chi connectivity index (χ4n) is 2.24. The normalized spacial score (nSPS) is 12.3. The van der Waals surface area contributed by atoms with Crippen LogP contribution in [0.2, 0.25) is 5.02 Å². The molecular formula is C18H11ClF3NO3. The first-order valence-electron chi connectivity index (χ1n) is 7.38. The quantitative estimate of drug-likeness (QED) is 0.803. The van der Waals surface area contributed by atoms with Crippen molar-refractivity contribution >= 4 is 17.5 Å². The molecule has 0 aromatic heterocycles. The minimum Gasteiger partial charge on any atom is -0.454 e. The number of carbonyl (C=O) groups is 1. The van der Waals surface area contributed by atoms with Gasteiger partial charge in [-0.2, -0.15) is 13.2 Å². The van der Waals surface area contributed by atoms with Crippen molar-refractivity contribution in [1.82, 2.24) is 5.32 Å². The van der Waals surface area contributed by atoms with Crippen molar-refractivity contribution in [3.05, 3.63) is 58.1 Å². The maximum Gasteiger partial charge on any atom is 0.416 e. The SMILES string of the molecule is O=C(NCC#Cc1cccc(C(F)(F)F)c1)c1cc(Cl)c2c(c1)OCO2. The van der Waals surface area contributed by atoms with E-state index in [1.165, 1.54) is 24.3 Å². The van der Waals surface area contributed by atoms with Gasteiger partial charge >= 0.3 is 6.18 Å². The van der Waals surface area contributed by atoms with E-state index in [9.17, 15) is 18.0 Å². The van der Waals surface area contributed by atoms with Gasteiger partial charge in [0.25, 0.3) is 5.91 Å². The van der Waals surface area contributed by atoms with Crippen molar-refractivity contribution in [2.45, 2.75) is 6.18 Å². The summed E-state index contributed by atoms with van der Waals surface area (Å²) in [6, 6.07) is 7.58. The predicted octanol–water partition coefficient (Wildman–Crippen LogP) is 3.87. The molecule has 0 fully saturated rings. The van der Waals surface area contributed by atoms with E-state index in [-0.39, 0.29) is 29.5 Å². The van der Waals surface area contributed by atoms with Crippen LogP contribution < -0.4 is 14.8 Å². The van der Waals surface area contributed by atoms with Crippen LogP contribution in [0, 0.1) is 11.8 Å². The maximum atomic E-state index is 12.6. The molecule has 0 bridgehead atoms. The number of halogens is 4. The molecule has 0 saturated heterocycles. The summed E-state index contributed by atoms with van der Waals surface area (Å²) in [6.07, 6.45) is -4.43. The topological polar surface area (TPSA) is 47.6 Å². The molecule has 4 nitrogen and oxygen atoms in total. The molecule has 0 radical (unpaired) electrons. The number of rotatable bonds is 2. The van der Waals surface area contributed by atoms with E-state index < -0.39 is 17.6 Å². The number of alkyl halides is 3. The Labute approximate surface area is 151 Å². The van der Waals surface area contributed by atoms with E-state index in [1.54, 1.807) is 0 Å². The number of ether oxygens (including phenoxy) is 2. The fourth-order valence-corrected chi connectivity index (χ4v) is 2.51. The van der Waals surface area contributed by atoms with Crippen molar-refractivity contribution in [3.8, 4) is 23.3 Å². The molecule has 0 spiro atoms. The largest absolute Gasteiger partial charge is 0.454 e. The van der Waals surface area contributed by atoms with Gasteiger partial charge < -0.3 is 14.8 Å². The predicted molar refractivity (Wildman–Crippen MR) is 88.2 cm³/mol. The fraction of sp³-hybridized carbons (Fsp3) is 0.167. The van der Waals surface area contributed by atoms with E-state index >= 15 is 0 Å². The van der Waals surface area contributed by atoms with Crippen LogP contribution in [0.1, 0.15) is 21.5 Å². The molecule has 0 atom stereocenters. The second-order valence-corrected chi connectivity index (χ2v) is 5.66. The van der Waals surface area contributed by atoms with Gasteiger partial charge in [-0.25, -0.2) is 0 Å². The van der Waals surface area contributed by atoms with E-state index in [0.717, 1.165) is 12.1 Å². The van der Waals surface area contributed by atoms with Gasteiger partial charge in [-0.1, -0.05) is 29.5 Å². The number of amides is 1. The van der Waals surface area contributed by atoms with Crippen LogP contribution in [-0.4, -0.2) is 19.2 Å². The smallest absolute Gasteiger partial charge is 0.416 e. The van der Waals surface area contributed by atoms with Crippen LogP contribution in [0.15, 0.2) is 36.4 Å². The van der Waals surface area contributed by atoms with E-state index in [1.807, 2.05) is 0 Å². The second-order valence-electron chi connectivity index (χ2n) is 5.25. The zero-order chi connectivity index (χ0) is 18.7. The summed E-state index contributed by atoms with van der Waals surface area (Å²) in [4.78, 5) is 12.1. The minimum absolute atomic E-state index is 0.0303. The highest BCUT2D eigenvalue weighted by Crippen LogP contribution is 2.39. The lowest BCUT2D eigenvalue weighted by atomic mass is 10.1. The van der Waals surface area contributed by atoms with Crippen LogP contribution in [0.3, 0.4) is 0 Å². The summed E-state index contributed by atoms with van der Waals surface area (Å²) in [5.41, 5.74) is -0.302. The van der Waals surface area contributed by atoms with Crippen LogP contribution in [0.25, 0.3) is 0 Å². The van der Waals surface area contributed by atoms with Crippen LogP contribution in [-0.2, 0) is 6.18 Å². The number of carbonyl (C=O) groups excluding carboxylic acids is 1. The van der Waals surface area contributed by atoms with Crippen LogP contribution >= 0.6 is 11.6 Å². The second kappa shape index (κ2) is 7.18. The molecule has 3 rings (SSSR count). The van der Waals surface area contributed by atoms with Gasteiger partial charge in [0.2, 0.25) is 6.79 Å². The molecule has 0 aliphatic carbocycles. The highest BCUT2D eigenvalue weighted by atomic mass is 35.5. The van der Waals surface area contributed by atoms with Crippen molar-refractivity contribution < 1.29 is 27.4 Å². The summed E-state index contributed by atoms with van der Waals surface area (Å²) >= 11 is 6.01. The van der Waals surface area contributed by atoms with E-state index in [0.29, 0.717) is 11.5 Å². The number of nitrogens with one attached hydrogen (secondary N) is 1. The van der Waals surface area contributed by atoms with E-state index in [2.05, 4.69) is 17.2 Å². The van der Waals surface area contributed by atoms with Gasteiger partial charge in [0.1, 0.15) is 0 Å². The number of fused-ring (bicyclic) bond motifs is 1. The molecule has 0 unspecified atom stereocenters. The highest BCUT2D eigenvalue weighted by Gasteiger charge is 2.30. The Morgan fingerprint density at radius 3 is 2.81 bits per heavy atom. The standard InChI is InChI=1S/C18H11ClF3NO3/c19-14-8-12(9-15-16(14)26-10-25-15)17(24)23-6-2-4-11-3-1-5-13(7-11)18(20,21)22/h1,3,5,7-9H,6,10H2,(H,23,24). The van der Waals surface area contributed by atoms with Gasteiger partial charge in [0.15, 0.2) is 11.5 Å². The average molecular weight is 382 g/mol. The Kier molecular flexibility index (Phi) is 4.96. The highest BCUT2D eigenvalue weighted by molar-refractivity contribution is 6.32. The first kappa shape index (κ1) is 18.0. The van der Waals surface area contributed by atoms with Gasteiger partial charge in [-0.15, -0.1) is 0 Å². The Balaban J connectivity index is 1.64. The summed E-state index contributed by atoms with van der Waals surface area (Å²) in [7, 11) is 0. The lowest BCUT2D eigenvalue weighted by molar-refractivity contribution is -0.137. The Hall–Kier alpha value is -2.85. The van der Waals surface area contributed by atoms with Crippen molar-refractivity contribution in [2.75, 3.05) is 13.3 Å². The molecule has 26 heavy (non-hydrogen) atoms. The third-order valence-electron chi connectivity index (χ3n) is 3.45. The van der Waals surface area contributed by atoms with Gasteiger partial charge in [-0.05, 0) is 30.3 Å². The van der Waals surface area contributed by atoms with Crippen LogP contribution in [0.4, 0.5) is 13.2 Å². The molecule has 0 saturated carbocycles. The zero-order valence-corrected chi connectivity index (χ0v) is 13.9. The Morgan fingerprint density at radius 1 is 1.23 bits per heavy atom. The van der Waals surface area contributed by atoms with Gasteiger partial charge in [0.05, 0.1) is 17.1 Å². The van der Waals surface area contributed by atoms with E-state index in [4.69, 9.17) is 21.1 Å². The van der Waals surface area contributed by atoms with Crippen LogP contribution in [0.5, 0.6) is 11.5 Å². The van der Waals surface area contributed by atoms with Crippen molar-refractivity contribution in [3.63, 3.8) is 0 Å². The van der Waals surface area contributed by atoms with Gasteiger partial charge in [0, 0.05) is 11.1 Å². The first-order chi connectivity index (χ1) is 12.3. The third-order valence-corrected chi connectivity index (χ3v) is 3.73. The molecule has 1 amide bonds. The molecule has 1 aliphatic heterocycles. The summed E-state index contributed by atoms with van der Waals surface area (Å²) in [6.45, 7) is -0.0102. The Morgan fingerprint density at radius 2 is 2.04 bits per heavy atom. The summed E-state index contributed by atoms with van der Waals surface area (Å²) in [5.74, 6) is 5.50. The van der Waals surface area contributed by atoms with Crippen molar-refractivity contribution in [1.29, 1.82) is 0 Å². The minimum atomic E-state index is -4.43. The summed E-state index contributed by atoms with van der Waals surface area (Å²) in [5, 5.41) is 2.79.